The first kappa shape index (κ1) is 18.9. The summed E-state index contributed by atoms with van der Waals surface area (Å²) in [7, 11) is 0. The van der Waals surface area contributed by atoms with Gasteiger partial charge in [0.15, 0.2) is 0 Å². The summed E-state index contributed by atoms with van der Waals surface area (Å²) in [4.78, 5) is 13.4. The Morgan fingerprint density at radius 3 is 2.71 bits per heavy atom. The number of halogens is 1. The molecular weight excluding hydrogens is 374 g/mol. The number of hydrogen-bond donors (Lipinski definition) is 1. The van der Waals surface area contributed by atoms with Gasteiger partial charge in [-0.05, 0) is 31.7 Å². The van der Waals surface area contributed by atoms with E-state index in [0.717, 1.165) is 11.1 Å². The number of nitrogens with zero attached hydrogens (tertiary/aromatic N) is 5. The first-order valence-corrected chi connectivity index (χ1v) is 10.0. The lowest BCUT2D eigenvalue weighted by Crippen LogP contribution is -2.21. The number of rotatable bonds is 4. The fourth-order valence-corrected chi connectivity index (χ4v) is 4.52. The SMILES string of the molecule is CC(C1CCCCC1)n1c(CO)nc2cc(C#N)nc(-c3cncc(Cl)c3)c21. The van der Waals surface area contributed by atoms with Crippen molar-refractivity contribution in [2.24, 2.45) is 5.92 Å². The topological polar surface area (TPSA) is 87.6 Å². The molecule has 1 saturated carbocycles. The van der Waals surface area contributed by atoms with Crippen molar-refractivity contribution in [2.75, 3.05) is 0 Å². The molecule has 0 radical (unpaired) electrons. The molecule has 1 aliphatic rings. The molecule has 1 unspecified atom stereocenters. The van der Waals surface area contributed by atoms with E-state index in [0.29, 0.717) is 28.0 Å². The minimum atomic E-state index is -0.166. The van der Waals surface area contributed by atoms with E-state index >= 15 is 0 Å². The molecule has 1 atom stereocenters. The van der Waals surface area contributed by atoms with Crippen LogP contribution in [0.3, 0.4) is 0 Å². The van der Waals surface area contributed by atoms with E-state index in [9.17, 15) is 10.4 Å². The van der Waals surface area contributed by atoms with Crippen LogP contribution in [0.4, 0.5) is 0 Å². The average Bonchev–Trinajstić information content (AvgIpc) is 3.11. The molecule has 4 rings (SSSR count). The van der Waals surface area contributed by atoms with Crippen LogP contribution in [0, 0.1) is 17.2 Å². The Morgan fingerprint density at radius 1 is 1.25 bits per heavy atom. The summed E-state index contributed by atoms with van der Waals surface area (Å²) in [5, 5.41) is 19.9. The number of nitriles is 1. The average molecular weight is 396 g/mol. The molecule has 0 spiro atoms. The van der Waals surface area contributed by atoms with Crippen LogP contribution in [0.5, 0.6) is 0 Å². The van der Waals surface area contributed by atoms with Crippen LogP contribution in [0.15, 0.2) is 24.5 Å². The van der Waals surface area contributed by atoms with Crippen LogP contribution in [0.1, 0.15) is 56.6 Å². The molecule has 0 aromatic carbocycles. The van der Waals surface area contributed by atoms with Crippen LogP contribution in [-0.4, -0.2) is 24.6 Å². The fraction of sp³-hybridized carbons (Fsp3) is 0.429. The van der Waals surface area contributed by atoms with E-state index in [1.807, 2.05) is 0 Å². The van der Waals surface area contributed by atoms with Crippen molar-refractivity contribution in [3.05, 3.63) is 41.1 Å². The molecule has 3 heterocycles. The number of aromatic nitrogens is 4. The number of aliphatic hydroxyl groups is 1. The second-order valence-electron chi connectivity index (χ2n) is 7.42. The molecule has 144 valence electrons. The monoisotopic (exact) mass is 395 g/mol. The molecule has 0 aliphatic heterocycles. The second-order valence-corrected chi connectivity index (χ2v) is 7.86. The minimum Gasteiger partial charge on any atom is -0.388 e. The highest BCUT2D eigenvalue weighted by Gasteiger charge is 2.27. The highest BCUT2D eigenvalue weighted by molar-refractivity contribution is 6.30. The van der Waals surface area contributed by atoms with Crippen molar-refractivity contribution in [3.8, 4) is 17.3 Å². The summed E-state index contributed by atoms with van der Waals surface area (Å²) in [6.45, 7) is 2.02. The lowest BCUT2D eigenvalue weighted by molar-refractivity contribution is 0.233. The Hall–Kier alpha value is -2.49. The lowest BCUT2D eigenvalue weighted by Gasteiger charge is -2.30. The number of pyridine rings is 2. The van der Waals surface area contributed by atoms with Gasteiger partial charge in [0, 0.05) is 30.1 Å². The van der Waals surface area contributed by atoms with Crippen molar-refractivity contribution in [2.45, 2.75) is 51.7 Å². The van der Waals surface area contributed by atoms with Crippen molar-refractivity contribution in [1.82, 2.24) is 19.5 Å². The van der Waals surface area contributed by atoms with Gasteiger partial charge < -0.3 is 9.67 Å². The summed E-state index contributed by atoms with van der Waals surface area (Å²) in [6, 6.07) is 5.75. The van der Waals surface area contributed by atoms with Crippen molar-refractivity contribution >= 4 is 22.6 Å². The number of hydrogen-bond acceptors (Lipinski definition) is 5. The minimum absolute atomic E-state index is 0.166. The second kappa shape index (κ2) is 7.86. The van der Waals surface area contributed by atoms with E-state index in [-0.39, 0.29) is 18.3 Å². The third kappa shape index (κ3) is 3.36. The fourth-order valence-electron chi connectivity index (χ4n) is 4.35. The van der Waals surface area contributed by atoms with Crippen LogP contribution in [0.2, 0.25) is 5.02 Å². The normalized spacial score (nSPS) is 16.2. The highest BCUT2D eigenvalue weighted by atomic mass is 35.5. The molecule has 7 heteroatoms. The van der Waals surface area contributed by atoms with Gasteiger partial charge in [-0.3, -0.25) is 4.98 Å². The highest BCUT2D eigenvalue weighted by Crippen LogP contribution is 2.38. The zero-order chi connectivity index (χ0) is 19.7. The summed E-state index contributed by atoms with van der Waals surface area (Å²) < 4.78 is 2.11. The molecule has 0 bridgehead atoms. The van der Waals surface area contributed by atoms with Gasteiger partial charge in [0.2, 0.25) is 0 Å². The van der Waals surface area contributed by atoms with Crippen LogP contribution >= 0.6 is 11.6 Å². The third-order valence-corrected chi connectivity index (χ3v) is 5.92. The maximum atomic E-state index is 10.00. The molecule has 28 heavy (non-hydrogen) atoms. The Kier molecular flexibility index (Phi) is 5.29. The quantitative estimate of drug-likeness (QED) is 0.694. The smallest absolute Gasteiger partial charge is 0.143 e. The van der Waals surface area contributed by atoms with Gasteiger partial charge in [-0.25, -0.2) is 9.97 Å². The van der Waals surface area contributed by atoms with E-state index in [1.54, 1.807) is 24.5 Å². The summed E-state index contributed by atoms with van der Waals surface area (Å²) >= 11 is 6.16. The molecule has 1 fully saturated rings. The predicted molar refractivity (Wildman–Crippen MR) is 108 cm³/mol. The van der Waals surface area contributed by atoms with Crippen molar-refractivity contribution in [1.29, 1.82) is 5.26 Å². The standard InChI is InChI=1S/C21H22ClN5O/c1-13(14-5-3-2-4-6-14)27-19(12-28)26-18-8-17(9-23)25-20(21(18)27)15-7-16(22)11-24-10-15/h7-8,10-11,13-14,28H,2-6,12H2,1H3. The molecule has 0 saturated heterocycles. The molecular formula is C21H22ClN5O. The molecule has 6 nitrogen and oxygen atoms in total. The van der Waals surface area contributed by atoms with E-state index in [1.165, 1.54) is 32.1 Å². The van der Waals surface area contributed by atoms with Gasteiger partial charge in [-0.15, -0.1) is 0 Å². The number of fused-ring (bicyclic) bond motifs is 1. The molecule has 1 N–H and O–H groups in total. The molecule has 0 amide bonds. The first-order chi connectivity index (χ1) is 13.6. The van der Waals surface area contributed by atoms with E-state index in [2.05, 4.69) is 32.5 Å². The zero-order valence-electron chi connectivity index (χ0n) is 15.8. The summed E-state index contributed by atoms with van der Waals surface area (Å²) in [5.41, 5.74) is 3.12. The van der Waals surface area contributed by atoms with Gasteiger partial charge in [0.05, 0.1) is 21.7 Å². The van der Waals surface area contributed by atoms with Gasteiger partial charge in [0.25, 0.3) is 0 Å². The zero-order valence-corrected chi connectivity index (χ0v) is 16.5. The summed E-state index contributed by atoms with van der Waals surface area (Å²) in [5.74, 6) is 1.12. The maximum absolute atomic E-state index is 10.00. The Balaban J connectivity index is 1.97. The van der Waals surface area contributed by atoms with Gasteiger partial charge in [0.1, 0.15) is 24.2 Å². The van der Waals surface area contributed by atoms with Crippen molar-refractivity contribution in [3.63, 3.8) is 0 Å². The van der Waals surface area contributed by atoms with Gasteiger partial charge in [-0.2, -0.15) is 5.26 Å². The Morgan fingerprint density at radius 2 is 2.04 bits per heavy atom. The van der Waals surface area contributed by atoms with Crippen LogP contribution in [0.25, 0.3) is 22.3 Å². The number of aliphatic hydroxyl groups excluding tert-OH is 1. The lowest BCUT2D eigenvalue weighted by atomic mass is 9.84. The van der Waals surface area contributed by atoms with Crippen molar-refractivity contribution < 1.29 is 5.11 Å². The van der Waals surface area contributed by atoms with Gasteiger partial charge in [-0.1, -0.05) is 30.9 Å². The largest absolute Gasteiger partial charge is 0.388 e. The number of imidazole rings is 1. The predicted octanol–water partition coefficient (Wildman–Crippen LogP) is 4.65. The van der Waals surface area contributed by atoms with Gasteiger partial charge >= 0.3 is 0 Å². The molecule has 3 aromatic heterocycles. The van der Waals surface area contributed by atoms with E-state index in [4.69, 9.17) is 11.6 Å². The molecule has 1 aliphatic carbocycles. The third-order valence-electron chi connectivity index (χ3n) is 5.71. The first-order valence-electron chi connectivity index (χ1n) is 9.66. The van der Waals surface area contributed by atoms with E-state index < -0.39 is 0 Å². The van der Waals surface area contributed by atoms with Crippen LogP contribution in [-0.2, 0) is 6.61 Å². The Bertz CT molecular complexity index is 1050. The van der Waals surface area contributed by atoms with Crippen LogP contribution < -0.4 is 0 Å². The Labute approximate surface area is 168 Å². The maximum Gasteiger partial charge on any atom is 0.143 e. The molecule has 3 aromatic rings. The summed E-state index contributed by atoms with van der Waals surface area (Å²) in [6.07, 6.45) is 9.35.